The molecule has 1 saturated heterocycles. The van der Waals surface area contributed by atoms with Crippen molar-refractivity contribution in [2.75, 3.05) is 44.4 Å². The van der Waals surface area contributed by atoms with Gasteiger partial charge >= 0.3 is 0 Å². The van der Waals surface area contributed by atoms with Crippen molar-refractivity contribution in [2.45, 2.75) is 33.2 Å². The maximum atomic E-state index is 9.60. The zero-order valence-corrected chi connectivity index (χ0v) is 14.0. The Morgan fingerprint density at radius 2 is 1.77 bits per heavy atom. The van der Waals surface area contributed by atoms with E-state index in [2.05, 4.69) is 48.3 Å². The number of hydrogen-bond acceptors (Lipinski definition) is 4. The summed E-state index contributed by atoms with van der Waals surface area (Å²) in [6.07, 6.45) is 2.01. The first-order valence-corrected chi connectivity index (χ1v) is 8.46. The number of nitrogens with one attached hydrogen (secondary N) is 1. The Kier molecular flexibility index (Phi) is 6.68. The summed E-state index contributed by atoms with van der Waals surface area (Å²) < 4.78 is 5.39. The lowest BCUT2D eigenvalue weighted by atomic mass is 9.83. The van der Waals surface area contributed by atoms with Gasteiger partial charge < -0.3 is 20.1 Å². The van der Waals surface area contributed by atoms with Crippen LogP contribution in [0.15, 0.2) is 24.3 Å². The van der Waals surface area contributed by atoms with Crippen LogP contribution in [0.2, 0.25) is 0 Å². The molecule has 0 spiro atoms. The second-order valence-corrected chi connectivity index (χ2v) is 6.23. The largest absolute Gasteiger partial charge is 0.396 e. The first-order chi connectivity index (χ1) is 10.7. The van der Waals surface area contributed by atoms with Gasteiger partial charge in [0.1, 0.15) is 0 Å². The van der Waals surface area contributed by atoms with Gasteiger partial charge in [0.2, 0.25) is 0 Å². The molecular formula is C18H30N2O2. The molecule has 0 unspecified atom stereocenters. The zero-order valence-electron chi connectivity index (χ0n) is 14.0. The molecule has 22 heavy (non-hydrogen) atoms. The van der Waals surface area contributed by atoms with Crippen molar-refractivity contribution >= 4 is 5.69 Å². The van der Waals surface area contributed by atoms with Crippen LogP contribution in [-0.2, 0) is 11.3 Å². The van der Waals surface area contributed by atoms with Crippen LogP contribution in [0.1, 0.15) is 32.3 Å². The van der Waals surface area contributed by atoms with Gasteiger partial charge in [-0.05, 0) is 30.5 Å². The van der Waals surface area contributed by atoms with Crippen molar-refractivity contribution in [3.05, 3.63) is 29.8 Å². The lowest BCUT2D eigenvalue weighted by Gasteiger charge is -2.30. The van der Waals surface area contributed by atoms with Gasteiger partial charge in [-0.2, -0.15) is 0 Å². The number of rotatable bonds is 8. The molecule has 0 bridgehead atoms. The van der Waals surface area contributed by atoms with E-state index in [-0.39, 0.29) is 12.0 Å². The molecule has 4 heteroatoms. The molecule has 1 aliphatic heterocycles. The molecule has 0 amide bonds. The quantitative estimate of drug-likeness (QED) is 0.774. The van der Waals surface area contributed by atoms with Crippen molar-refractivity contribution in [2.24, 2.45) is 5.41 Å². The van der Waals surface area contributed by atoms with E-state index in [4.69, 9.17) is 4.74 Å². The molecule has 2 N–H and O–H groups in total. The number of morpholine rings is 1. The number of ether oxygens (including phenoxy) is 1. The molecule has 1 heterocycles. The molecule has 4 nitrogen and oxygen atoms in total. The Balaban J connectivity index is 1.83. The van der Waals surface area contributed by atoms with Gasteiger partial charge in [0.15, 0.2) is 0 Å². The fourth-order valence-electron chi connectivity index (χ4n) is 2.90. The zero-order chi connectivity index (χ0) is 15.8. The van der Waals surface area contributed by atoms with Gasteiger partial charge in [-0.25, -0.2) is 0 Å². The second-order valence-electron chi connectivity index (χ2n) is 6.23. The van der Waals surface area contributed by atoms with E-state index in [1.165, 1.54) is 11.3 Å². The Morgan fingerprint density at radius 1 is 1.14 bits per heavy atom. The van der Waals surface area contributed by atoms with Gasteiger partial charge in [-0.3, -0.25) is 0 Å². The molecule has 1 fully saturated rings. The number of nitrogens with zero attached hydrogens (tertiary/aromatic N) is 1. The molecule has 2 rings (SSSR count). The predicted molar refractivity (Wildman–Crippen MR) is 91.3 cm³/mol. The average molecular weight is 306 g/mol. The first-order valence-electron chi connectivity index (χ1n) is 8.46. The third kappa shape index (κ3) is 4.45. The van der Waals surface area contributed by atoms with Crippen molar-refractivity contribution in [3.63, 3.8) is 0 Å². The summed E-state index contributed by atoms with van der Waals surface area (Å²) in [7, 11) is 0. The molecule has 0 atom stereocenters. The van der Waals surface area contributed by atoms with E-state index >= 15 is 0 Å². The highest BCUT2D eigenvalue weighted by Crippen LogP contribution is 2.24. The normalized spacial score (nSPS) is 16.0. The smallest absolute Gasteiger partial charge is 0.0642 e. The Labute approximate surface area is 134 Å². The maximum Gasteiger partial charge on any atom is 0.0642 e. The molecule has 0 radical (unpaired) electrons. The first kappa shape index (κ1) is 17.3. The van der Waals surface area contributed by atoms with Crippen LogP contribution >= 0.6 is 0 Å². The molecule has 1 aromatic carbocycles. The van der Waals surface area contributed by atoms with Crippen LogP contribution in [0.4, 0.5) is 5.69 Å². The number of anilines is 1. The van der Waals surface area contributed by atoms with E-state index in [0.29, 0.717) is 0 Å². The minimum absolute atomic E-state index is 0.0216. The van der Waals surface area contributed by atoms with Crippen LogP contribution in [0, 0.1) is 5.41 Å². The number of benzene rings is 1. The highest BCUT2D eigenvalue weighted by Gasteiger charge is 2.24. The summed E-state index contributed by atoms with van der Waals surface area (Å²) in [5.41, 5.74) is 2.59. The maximum absolute atomic E-state index is 9.60. The second kappa shape index (κ2) is 8.51. The highest BCUT2D eigenvalue weighted by atomic mass is 16.5. The van der Waals surface area contributed by atoms with Crippen molar-refractivity contribution in [1.29, 1.82) is 0 Å². The fourth-order valence-corrected chi connectivity index (χ4v) is 2.90. The molecule has 1 aromatic rings. The van der Waals surface area contributed by atoms with Gasteiger partial charge in [0.25, 0.3) is 0 Å². The summed E-state index contributed by atoms with van der Waals surface area (Å²) in [4.78, 5) is 2.37. The molecule has 0 aliphatic carbocycles. The Bertz CT molecular complexity index is 415. The van der Waals surface area contributed by atoms with Crippen molar-refractivity contribution in [1.82, 2.24) is 5.32 Å². The number of aliphatic hydroxyl groups is 1. The minimum Gasteiger partial charge on any atom is -0.396 e. The van der Waals surface area contributed by atoms with Crippen molar-refractivity contribution < 1.29 is 9.84 Å². The van der Waals surface area contributed by atoms with E-state index in [0.717, 1.165) is 52.2 Å². The summed E-state index contributed by atoms with van der Waals surface area (Å²) in [6, 6.07) is 8.77. The van der Waals surface area contributed by atoms with Gasteiger partial charge in [0, 0.05) is 43.9 Å². The Hall–Kier alpha value is -1.10. The van der Waals surface area contributed by atoms with Gasteiger partial charge in [-0.15, -0.1) is 0 Å². The Morgan fingerprint density at radius 3 is 2.32 bits per heavy atom. The van der Waals surface area contributed by atoms with Crippen LogP contribution < -0.4 is 10.2 Å². The van der Waals surface area contributed by atoms with E-state index < -0.39 is 0 Å². The van der Waals surface area contributed by atoms with E-state index in [1.807, 2.05) is 0 Å². The molecular weight excluding hydrogens is 276 g/mol. The van der Waals surface area contributed by atoms with Gasteiger partial charge in [-0.1, -0.05) is 26.0 Å². The third-order valence-electron chi connectivity index (χ3n) is 4.98. The minimum atomic E-state index is 0.0216. The topological polar surface area (TPSA) is 44.7 Å². The van der Waals surface area contributed by atoms with Gasteiger partial charge in [0.05, 0.1) is 13.2 Å². The average Bonchev–Trinajstić information content (AvgIpc) is 2.60. The molecule has 124 valence electrons. The SMILES string of the molecule is CCC(CC)(CO)CNCc1ccc(N2CCOCC2)cc1. The predicted octanol–water partition coefficient (Wildman–Crippen LogP) is 2.41. The van der Waals surface area contributed by atoms with E-state index in [9.17, 15) is 5.11 Å². The van der Waals surface area contributed by atoms with Crippen LogP contribution in [-0.4, -0.2) is 44.6 Å². The fraction of sp³-hybridized carbons (Fsp3) is 0.667. The third-order valence-corrected chi connectivity index (χ3v) is 4.98. The molecule has 1 aliphatic rings. The standard InChI is InChI=1S/C18H30N2O2/c1-3-18(4-2,15-21)14-19-13-16-5-7-17(8-6-16)20-9-11-22-12-10-20/h5-8,19,21H,3-4,9-15H2,1-2H3. The molecule has 0 aromatic heterocycles. The van der Waals surface area contributed by atoms with Crippen LogP contribution in [0.3, 0.4) is 0 Å². The summed E-state index contributed by atoms with van der Waals surface area (Å²) >= 11 is 0. The van der Waals surface area contributed by atoms with E-state index in [1.54, 1.807) is 0 Å². The van der Waals surface area contributed by atoms with Crippen molar-refractivity contribution in [3.8, 4) is 0 Å². The molecule has 0 saturated carbocycles. The van der Waals surface area contributed by atoms with Crippen LogP contribution in [0.5, 0.6) is 0 Å². The lowest BCUT2D eigenvalue weighted by molar-refractivity contribution is 0.113. The summed E-state index contributed by atoms with van der Waals surface area (Å²) in [6.45, 7) is 9.86. The van der Waals surface area contributed by atoms with Crippen LogP contribution in [0.25, 0.3) is 0 Å². The monoisotopic (exact) mass is 306 g/mol. The summed E-state index contributed by atoms with van der Waals surface area (Å²) in [5, 5.41) is 13.1. The number of aliphatic hydroxyl groups excluding tert-OH is 1. The lowest BCUT2D eigenvalue weighted by Crippen LogP contribution is -2.36. The summed E-state index contributed by atoms with van der Waals surface area (Å²) in [5.74, 6) is 0. The number of hydrogen-bond donors (Lipinski definition) is 2. The highest BCUT2D eigenvalue weighted by molar-refractivity contribution is 5.47.